The van der Waals surface area contributed by atoms with Gasteiger partial charge < -0.3 is 9.15 Å². The van der Waals surface area contributed by atoms with Gasteiger partial charge in [-0.3, -0.25) is 4.90 Å². The first-order valence-electron chi connectivity index (χ1n) is 9.10. The van der Waals surface area contributed by atoms with Crippen LogP contribution in [0.3, 0.4) is 0 Å². The minimum atomic E-state index is -4.52. The van der Waals surface area contributed by atoms with Crippen molar-refractivity contribution in [2.45, 2.75) is 24.5 Å². The summed E-state index contributed by atoms with van der Waals surface area (Å²) in [6.07, 6.45) is -4.52. The lowest BCUT2D eigenvalue weighted by atomic mass is 10.2. The van der Waals surface area contributed by atoms with E-state index in [4.69, 9.17) is 4.42 Å². The standard InChI is InChI=1S/C19H21F3N2O5S/c1-13-11-15(29-17(13)18(25)28-2)12-23-7-9-24(10-8-23)30(26,27)16-5-3-14(4-6-16)19(20,21)22/h3-6,11H,7-10,12H2,1-2H3. The molecule has 164 valence electrons. The molecule has 30 heavy (non-hydrogen) atoms. The third-order valence-electron chi connectivity index (χ3n) is 4.87. The molecule has 2 heterocycles. The van der Waals surface area contributed by atoms with Crippen LogP contribution in [-0.2, 0) is 27.5 Å². The second kappa shape index (κ2) is 8.40. The second-order valence-electron chi connectivity index (χ2n) is 6.92. The van der Waals surface area contributed by atoms with E-state index in [0.717, 1.165) is 24.3 Å². The van der Waals surface area contributed by atoms with Crippen LogP contribution in [0.15, 0.2) is 39.6 Å². The van der Waals surface area contributed by atoms with E-state index in [2.05, 4.69) is 4.74 Å². The zero-order valence-electron chi connectivity index (χ0n) is 16.4. The van der Waals surface area contributed by atoms with Crippen molar-refractivity contribution in [3.05, 3.63) is 53.0 Å². The molecule has 1 aromatic carbocycles. The Morgan fingerprint density at radius 1 is 1.13 bits per heavy atom. The monoisotopic (exact) mass is 446 g/mol. The quantitative estimate of drug-likeness (QED) is 0.658. The Kier molecular flexibility index (Phi) is 6.25. The first kappa shape index (κ1) is 22.3. The van der Waals surface area contributed by atoms with Crippen LogP contribution in [0.25, 0.3) is 0 Å². The van der Waals surface area contributed by atoms with Crippen molar-refractivity contribution < 1.29 is 35.5 Å². The maximum absolute atomic E-state index is 12.7. The molecule has 0 unspecified atom stereocenters. The van der Waals surface area contributed by atoms with Gasteiger partial charge in [0, 0.05) is 31.7 Å². The Bertz CT molecular complexity index is 1010. The zero-order chi connectivity index (χ0) is 22.1. The normalized spacial score (nSPS) is 16.6. The molecule has 0 amide bonds. The second-order valence-corrected chi connectivity index (χ2v) is 8.86. The van der Waals surface area contributed by atoms with Gasteiger partial charge in [0.05, 0.1) is 24.1 Å². The molecule has 1 saturated heterocycles. The van der Waals surface area contributed by atoms with E-state index in [0.29, 0.717) is 31.0 Å². The van der Waals surface area contributed by atoms with Gasteiger partial charge in [-0.1, -0.05) is 0 Å². The molecule has 0 atom stereocenters. The van der Waals surface area contributed by atoms with Gasteiger partial charge in [0.25, 0.3) is 0 Å². The maximum atomic E-state index is 12.7. The molecule has 11 heteroatoms. The highest BCUT2D eigenvalue weighted by molar-refractivity contribution is 7.89. The molecule has 0 aliphatic carbocycles. The summed E-state index contributed by atoms with van der Waals surface area (Å²) >= 11 is 0. The molecule has 0 radical (unpaired) electrons. The molecule has 1 fully saturated rings. The number of sulfonamides is 1. The number of rotatable bonds is 5. The molecule has 1 aliphatic heterocycles. The number of halogens is 3. The molecule has 1 aliphatic rings. The number of esters is 1. The minimum absolute atomic E-state index is 0.135. The van der Waals surface area contributed by atoms with Gasteiger partial charge in [0.2, 0.25) is 15.8 Å². The predicted molar refractivity (Wildman–Crippen MR) is 100 cm³/mol. The van der Waals surface area contributed by atoms with E-state index in [1.54, 1.807) is 13.0 Å². The van der Waals surface area contributed by atoms with Crippen molar-refractivity contribution in [3.8, 4) is 0 Å². The number of aryl methyl sites for hydroxylation is 1. The molecular weight excluding hydrogens is 425 g/mol. The number of hydrogen-bond acceptors (Lipinski definition) is 6. The van der Waals surface area contributed by atoms with Gasteiger partial charge in [0.15, 0.2) is 0 Å². The van der Waals surface area contributed by atoms with Crippen LogP contribution < -0.4 is 0 Å². The number of alkyl halides is 3. The molecular formula is C19H21F3N2O5S. The summed E-state index contributed by atoms with van der Waals surface area (Å²) in [6.45, 7) is 3.32. The van der Waals surface area contributed by atoms with E-state index >= 15 is 0 Å². The maximum Gasteiger partial charge on any atom is 0.416 e. The van der Waals surface area contributed by atoms with Crippen molar-refractivity contribution in [2.24, 2.45) is 0 Å². The molecule has 1 aromatic heterocycles. The lowest BCUT2D eigenvalue weighted by Crippen LogP contribution is -2.48. The van der Waals surface area contributed by atoms with Gasteiger partial charge in [-0.2, -0.15) is 17.5 Å². The lowest BCUT2D eigenvalue weighted by Gasteiger charge is -2.33. The van der Waals surface area contributed by atoms with E-state index in [9.17, 15) is 26.4 Å². The lowest BCUT2D eigenvalue weighted by molar-refractivity contribution is -0.137. The predicted octanol–water partition coefficient (Wildman–Crippen LogP) is 2.90. The molecule has 7 nitrogen and oxygen atoms in total. The average Bonchev–Trinajstić information content (AvgIpc) is 3.07. The first-order chi connectivity index (χ1) is 14.0. The van der Waals surface area contributed by atoms with Crippen molar-refractivity contribution >= 4 is 16.0 Å². The van der Waals surface area contributed by atoms with E-state index in [1.807, 2.05) is 4.90 Å². The number of piperazine rings is 1. The first-order valence-corrected chi connectivity index (χ1v) is 10.5. The molecule has 3 rings (SSSR count). The number of benzene rings is 1. The molecule has 0 spiro atoms. The number of carbonyl (C=O) groups is 1. The largest absolute Gasteiger partial charge is 0.463 e. The summed E-state index contributed by atoms with van der Waals surface area (Å²) in [5.74, 6) is 0.133. The van der Waals surface area contributed by atoms with Gasteiger partial charge in [-0.15, -0.1) is 0 Å². The Morgan fingerprint density at radius 2 is 1.73 bits per heavy atom. The molecule has 0 bridgehead atoms. The molecule has 0 saturated carbocycles. The smallest absolute Gasteiger partial charge is 0.416 e. The molecule has 0 N–H and O–H groups in total. The third-order valence-corrected chi connectivity index (χ3v) is 6.78. The zero-order valence-corrected chi connectivity index (χ0v) is 17.2. The summed E-state index contributed by atoms with van der Waals surface area (Å²) in [4.78, 5) is 13.4. The Morgan fingerprint density at radius 3 is 2.27 bits per heavy atom. The van der Waals surface area contributed by atoms with Crippen molar-refractivity contribution in [3.63, 3.8) is 0 Å². The van der Waals surface area contributed by atoms with Crippen LogP contribution in [0, 0.1) is 6.92 Å². The van der Waals surface area contributed by atoms with Crippen molar-refractivity contribution in [1.82, 2.24) is 9.21 Å². The van der Waals surface area contributed by atoms with Crippen LogP contribution in [0.2, 0.25) is 0 Å². The summed E-state index contributed by atoms with van der Waals surface area (Å²) in [5, 5.41) is 0. The topological polar surface area (TPSA) is 80.1 Å². The van der Waals surface area contributed by atoms with E-state index in [1.165, 1.54) is 11.4 Å². The summed E-state index contributed by atoms with van der Waals surface area (Å²) in [6, 6.07) is 5.22. The third kappa shape index (κ3) is 4.68. The Labute approximate surface area is 172 Å². The highest BCUT2D eigenvalue weighted by Crippen LogP contribution is 2.30. The van der Waals surface area contributed by atoms with E-state index in [-0.39, 0.29) is 23.7 Å². The number of furan rings is 1. The fraction of sp³-hybridized carbons (Fsp3) is 0.421. The van der Waals surface area contributed by atoms with Gasteiger partial charge in [-0.25, -0.2) is 13.2 Å². The Hall–Kier alpha value is -2.37. The number of ether oxygens (including phenoxy) is 1. The van der Waals surface area contributed by atoms with Crippen LogP contribution >= 0.6 is 0 Å². The number of hydrogen-bond donors (Lipinski definition) is 0. The van der Waals surface area contributed by atoms with Crippen molar-refractivity contribution in [2.75, 3.05) is 33.3 Å². The van der Waals surface area contributed by atoms with Crippen molar-refractivity contribution in [1.29, 1.82) is 0 Å². The average molecular weight is 446 g/mol. The van der Waals surface area contributed by atoms with Crippen LogP contribution in [0.1, 0.15) is 27.4 Å². The Balaban J connectivity index is 1.63. The van der Waals surface area contributed by atoms with Gasteiger partial charge in [-0.05, 0) is 37.3 Å². The molecule has 2 aromatic rings. The van der Waals surface area contributed by atoms with Crippen LogP contribution in [0.5, 0.6) is 0 Å². The summed E-state index contributed by atoms with van der Waals surface area (Å²) in [7, 11) is -2.62. The van der Waals surface area contributed by atoms with Gasteiger partial charge in [0.1, 0.15) is 5.76 Å². The number of nitrogens with zero attached hydrogens (tertiary/aromatic N) is 2. The fourth-order valence-electron chi connectivity index (χ4n) is 3.23. The van der Waals surface area contributed by atoms with Gasteiger partial charge >= 0.3 is 12.1 Å². The van der Waals surface area contributed by atoms with Crippen LogP contribution in [0.4, 0.5) is 13.2 Å². The highest BCUT2D eigenvalue weighted by Gasteiger charge is 2.32. The fourth-order valence-corrected chi connectivity index (χ4v) is 4.66. The van der Waals surface area contributed by atoms with Crippen LogP contribution in [-0.4, -0.2) is 56.9 Å². The summed E-state index contributed by atoms with van der Waals surface area (Å²) < 4.78 is 74.9. The number of carbonyl (C=O) groups excluding carboxylic acids is 1. The number of methoxy groups -OCH3 is 1. The SMILES string of the molecule is COC(=O)c1oc(CN2CCN(S(=O)(=O)c3ccc(C(F)(F)F)cc3)CC2)cc1C. The highest BCUT2D eigenvalue weighted by atomic mass is 32.2. The summed E-state index contributed by atoms with van der Waals surface area (Å²) in [5.41, 5.74) is -0.244. The minimum Gasteiger partial charge on any atom is -0.463 e. The van der Waals surface area contributed by atoms with E-state index < -0.39 is 27.7 Å².